The maximum Gasteiger partial charge on any atom is 0.352 e. The van der Waals surface area contributed by atoms with E-state index in [0.29, 0.717) is 18.1 Å². The summed E-state index contributed by atoms with van der Waals surface area (Å²) in [4.78, 5) is 24.1. The van der Waals surface area contributed by atoms with Crippen molar-refractivity contribution < 1.29 is 19.4 Å². The topological polar surface area (TPSA) is 71.8 Å². The Kier molecular flexibility index (Phi) is 2.57. The molecule has 1 amide bonds. The van der Waals surface area contributed by atoms with E-state index in [1.54, 1.807) is 7.05 Å². The van der Waals surface area contributed by atoms with Gasteiger partial charge in [0.25, 0.3) is 0 Å². The smallest absolute Gasteiger partial charge is 0.352 e. The van der Waals surface area contributed by atoms with Crippen molar-refractivity contribution in [3.8, 4) is 5.75 Å². The van der Waals surface area contributed by atoms with Gasteiger partial charge in [0.15, 0.2) is 11.6 Å². The first-order valence-electron chi connectivity index (χ1n) is 5.29. The highest BCUT2D eigenvalue weighted by molar-refractivity contribution is 5.95. The molecule has 1 unspecified atom stereocenters. The molecule has 1 N–H and O–H groups in total. The molecule has 0 spiro atoms. The molecule has 0 aliphatic carbocycles. The zero-order valence-electron chi connectivity index (χ0n) is 9.93. The number of carbonyl (C=O) groups excluding carboxylic acids is 1. The average molecular weight is 238 g/mol. The number of rotatable bonds is 1. The van der Waals surface area contributed by atoms with E-state index in [1.807, 2.05) is 6.92 Å². The van der Waals surface area contributed by atoms with E-state index in [-0.39, 0.29) is 17.7 Å². The molecule has 6 heteroatoms. The third-order valence-corrected chi connectivity index (χ3v) is 2.79. The molecule has 0 saturated carbocycles. The lowest BCUT2D eigenvalue weighted by atomic mass is 10.3. The highest BCUT2D eigenvalue weighted by atomic mass is 16.5. The van der Waals surface area contributed by atoms with Crippen molar-refractivity contribution in [1.29, 1.82) is 0 Å². The van der Waals surface area contributed by atoms with Crippen LogP contribution in [0.2, 0.25) is 0 Å². The summed E-state index contributed by atoms with van der Waals surface area (Å²) in [5.41, 5.74) is 0.107. The van der Waals surface area contributed by atoms with E-state index < -0.39 is 5.97 Å². The number of nitrogens with zero attached hydrogens (tertiary/aromatic N) is 2. The van der Waals surface area contributed by atoms with Gasteiger partial charge in [-0.1, -0.05) is 0 Å². The highest BCUT2D eigenvalue weighted by Gasteiger charge is 2.31. The number of hydrogen-bond acceptors (Lipinski definition) is 3. The van der Waals surface area contributed by atoms with Gasteiger partial charge in [-0.15, -0.1) is 0 Å². The van der Waals surface area contributed by atoms with Gasteiger partial charge < -0.3 is 14.4 Å². The number of carbonyl (C=O) groups is 2. The minimum absolute atomic E-state index is 0.107. The molecule has 17 heavy (non-hydrogen) atoms. The SMILES string of the molecule is CC(=O)N1CC(C)Oc2cc(C(=O)O)n(C)c21. The summed E-state index contributed by atoms with van der Waals surface area (Å²) < 4.78 is 7.01. The van der Waals surface area contributed by atoms with Crippen LogP contribution in [-0.2, 0) is 11.8 Å². The van der Waals surface area contributed by atoms with Crippen LogP contribution in [0, 0.1) is 0 Å². The molecular weight excluding hydrogens is 224 g/mol. The molecule has 6 nitrogen and oxygen atoms in total. The van der Waals surface area contributed by atoms with Crippen molar-refractivity contribution >= 4 is 17.7 Å². The summed E-state index contributed by atoms with van der Waals surface area (Å²) in [6.07, 6.45) is -0.143. The van der Waals surface area contributed by atoms with Gasteiger partial charge in [-0.05, 0) is 6.92 Å². The molecule has 1 aliphatic heterocycles. The van der Waals surface area contributed by atoms with Crippen LogP contribution in [0.25, 0.3) is 0 Å². The van der Waals surface area contributed by atoms with Gasteiger partial charge in [0.05, 0.1) is 6.54 Å². The Labute approximate surface area is 98.4 Å². The lowest BCUT2D eigenvalue weighted by molar-refractivity contribution is -0.117. The molecule has 2 rings (SSSR count). The van der Waals surface area contributed by atoms with Crippen LogP contribution in [0.5, 0.6) is 5.75 Å². The lowest BCUT2D eigenvalue weighted by Crippen LogP contribution is -2.42. The van der Waals surface area contributed by atoms with Crippen LogP contribution in [0.1, 0.15) is 24.3 Å². The second kappa shape index (κ2) is 3.80. The standard InChI is InChI=1S/C11H14N2O4/c1-6-5-13(7(2)14)10-9(17-6)4-8(11(15)16)12(10)3/h4,6H,5H2,1-3H3,(H,15,16). The van der Waals surface area contributed by atoms with Crippen molar-refractivity contribution in [1.82, 2.24) is 4.57 Å². The molecule has 0 bridgehead atoms. The van der Waals surface area contributed by atoms with Gasteiger partial charge >= 0.3 is 5.97 Å². The van der Waals surface area contributed by atoms with Crippen molar-refractivity contribution in [2.24, 2.45) is 7.05 Å². The third kappa shape index (κ3) is 1.75. The first-order chi connectivity index (χ1) is 7.91. The fraction of sp³-hybridized carbons (Fsp3) is 0.455. The van der Waals surface area contributed by atoms with Gasteiger partial charge in [-0.2, -0.15) is 0 Å². The van der Waals surface area contributed by atoms with Crippen molar-refractivity contribution in [3.05, 3.63) is 11.8 Å². The Morgan fingerprint density at radius 3 is 2.71 bits per heavy atom. The number of aromatic carboxylic acids is 1. The zero-order chi connectivity index (χ0) is 12.7. The number of carboxylic acids is 1. The van der Waals surface area contributed by atoms with Crippen molar-refractivity contribution in [3.63, 3.8) is 0 Å². The van der Waals surface area contributed by atoms with E-state index in [1.165, 1.54) is 22.5 Å². The Bertz CT molecular complexity index is 492. The Morgan fingerprint density at radius 1 is 1.53 bits per heavy atom. The fourth-order valence-corrected chi connectivity index (χ4v) is 2.05. The van der Waals surface area contributed by atoms with E-state index in [0.717, 1.165) is 0 Å². The third-order valence-electron chi connectivity index (χ3n) is 2.79. The van der Waals surface area contributed by atoms with E-state index in [4.69, 9.17) is 9.84 Å². The monoisotopic (exact) mass is 238 g/mol. The molecule has 92 valence electrons. The second-order valence-corrected chi connectivity index (χ2v) is 4.14. The molecule has 1 aliphatic rings. The lowest BCUT2D eigenvalue weighted by Gasteiger charge is -2.31. The van der Waals surface area contributed by atoms with Gasteiger partial charge in [-0.3, -0.25) is 9.69 Å². The van der Waals surface area contributed by atoms with Crippen LogP contribution in [0.15, 0.2) is 6.07 Å². The van der Waals surface area contributed by atoms with Gasteiger partial charge in [0, 0.05) is 20.0 Å². The van der Waals surface area contributed by atoms with E-state index in [9.17, 15) is 9.59 Å². The van der Waals surface area contributed by atoms with Gasteiger partial charge in [0.1, 0.15) is 11.8 Å². The second-order valence-electron chi connectivity index (χ2n) is 4.14. The largest absolute Gasteiger partial charge is 0.485 e. The maximum absolute atomic E-state index is 11.5. The number of fused-ring (bicyclic) bond motifs is 1. The van der Waals surface area contributed by atoms with Gasteiger partial charge in [-0.25, -0.2) is 4.79 Å². The number of aromatic nitrogens is 1. The van der Waals surface area contributed by atoms with E-state index in [2.05, 4.69) is 0 Å². The number of hydrogen-bond donors (Lipinski definition) is 1. The van der Waals surface area contributed by atoms with Crippen LogP contribution >= 0.6 is 0 Å². The highest BCUT2D eigenvalue weighted by Crippen LogP contribution is 2.36. The number of ether oxygens (including phenoxy) is 1. The Balaban J connectivity index is 2.57. The molecule has 0 radical (unpaired) electrons. The fourth-order valence-electron chi connectivity index (χ4n) is 2.05. The molecule has 0 fully saturated rings. The minimum atomic E-state index is -1.04. The first kappa shape index (κ1) is 11.5. The number of carboxylic acid groups (broad SMARTS) is 1. The summed E-state index contributed by atoms with van der Waals surface area (Å²) >= 11 is 0. The predicted octanol–water partition coefficient (Wildman–Crippen LogP) is 0.857. The van der Waals surface area contributed by atoms with Crippen LogP contribution in [-0.4, -0.2) is 34.2 Å². The minimum Gasteiger partial charge on any atom is -0.485 e. The first-order valence-corrected chi connectivity index (χ1v) is 5.29. The van der Waals surface area contributed by atoms with Crippen molar-refractivity contribution in [2.75, 3.05) is 11.4 Å². The maximum atomic E-state index is 11.5. The summed E-state index contributed by atoms with van der Waals surface area (Å²) in [6, 6.07) is 1.45. The molecule has 1 aromatic heterocycles. The molecule has 1 atom stereocenters. The van der Waals surface area contributed by atoms with Gasteiger partial charge in [0.2, 0.25) is 5.91 Å². The summed E-state index contributed by atoms with van der Waals surface area (Å²) in [7, 11) is 1.61. The summed E-state index contributed by atoms with van der Waals surface area (Å²) in [5.74, 6) is -0.215. The Hall–Kier alpha value is -1.98. The van der Waals surface area contributed by atoms with E-state index >= 15 is 0 Å². The zero-order valence-corrected chi connectivity index (χ0v) is 9.93. The quantitative estimate of drug-likeness (QED) is 0.787. The molecule has 1 aromatic rings. The Morgan fingerprint density at radius 2 is 2.18 bits per heavy atom. The predicted molar refractivity (Wildman–Crippen MR) is 60.5 cm³/mol. The molecule has 0 saturated heterocycles. The normalized spacial score (nSPS) is 18.5. The number of amides is 1. The number of anilines is 1. The van der Waals surface area contributed by atoms with Crippen LogP contribution in [0.3, 0.4) is 0 Å². The summed E-state index contributed by atoms with van der Waals surface area (Å²) in [6.45, 7) is 3.72. The molecular formula is C11H14N2O4. The van der Waals surface area contributed by atoms with Crippen LogP contribution in [0.4, 0.5) is 5.82 Å². The average Bonchev–Trinajstić information content (AvgIpc) is 2.54. The van der Waals surface area contributed by atoms with Crippen molar-refractivity contribution in [2.45, 2.75) is 20.0 Å². The molecule has 2 heterocycles. The van der Waals surface area contributed by atoms with Crippen LogP contribution < -0.4 is 9.64 Å². The summed E-state index contributed by atoms with van der Waals surface area (Å²) in [5, 5.41) is 9.03. The molecule has 0 aromatic carbocycles.